The lowest BCUT2D eigenvalue weighted by molar-refractivity contribution is -0.0447. The Labute approximate surface area is 136 Å². The van der Waals surface area contributed by atoms with E-state index < -0.39 is 15.5 Å². The molecule has 0 spiro atoms. The maximum atomic E-state index is 12.1. The minimum absolute atomic E-state index is 0.233. The highest BCUT2D eigenvalue weighted by molar-refractivity contribution is 14.1. The summed E-state index contributed by atoms with van der Waals surface area (Å²) in [6, 6.07) is 5.69. The fourth-order valence-corrected chi connectivity index (χ4v) is 3.95. The minimum atomic E-state index is -5.25. The van der Waals surface area contributed by atoms with Crippen LogP contribution in [0.25, 0.3) is 0 Å². The van der Waals surface area contributed by atoms with Crippen LogP contribution in [-0.2, 0) is 16.4 Å². The highest BCUT2D eigenvalue weighted by Gasteiger charge is 2.45. The van der Waals surface area contributed by atoms with Gasteiger partial charge in [0.25, 0.3) is 0 Å². The fraction of sp³-hybridized carbons (Fsp3) is 0.400. The molecule has 0 aliphatic heterocycles. The fourth-order valence-electron chi connectivity index (χ4n) is 1.32. The van der Waals surface area contributed by atoms with Gasteiger partial charge >= 0.3 is 15.5 Å². The van der Waals surface area contributed by atoms with Crippen LogP contribution in [0.1, 0.15) is 12.0 Å². The van der Waals surface area contributed by atoms with Gasteiger partial charge < -0.3 is 0 Å². The smallest absolute Gasteiger partial charge is 0.207 e. The Morgan fingerprint density at radius 3 is 2.16 bits per heavy atom. The number of hydrogen-bond donors (Lipinski definition) is 1. The van der Waals surface area contributed by atoms with Crippen LogP contribution in [0.5, 0.6) is 0 Å². The molecule has 108 valence electrons. The van der Waals surface area contributed by atoms with Gasteiger partial charge in [0.2, 0.25) is 0 Å². The molecule has 0 aromatic heterocycles. The molecule has 0 heterocycles. The molecule has 0 radical (unpaired) electrons. The number of halogens is 5. The third kappa shape index (κ3) is 5.01. The van der Waals surface area contributed by atoms with E-state index in [9.17, 15) is 21.6 Å². The summed E-state index contributed by atoms with van der Waals surface area (Å²) in [5.74, 6) is 0. The Morgan fingerprint density at radius 1 is 1.16 bits per heavy atom. The van der Waals surface area contributed by atoms with Crippen LogP contribution in [0.15, 0.2) is 18.2 Å². The Balaban J connectivity index is 2.53. The molecule has 1 aromatic carbocycles. The number of alkyl halides is 3. The zero-order valence-electron chi connectivity index (χ0n) is 9.47. The number of nitrogens with one attached hydrogen (secondary N) is 1. The van der Waals surface area contributed by atoms with Gasteiger partial charge in [0, 0.05) is 13.7 Å². The molecule has 1 rings (SSSR count). The first-order chi connectivity index (χ1) is 8.65. The van der Waals surface area contributed by atoms with Crippen molar-refractivity contribution < 1.29 is 21.6 Å². The zero-order valence-corrected chi connectivity index (χ0v) is 14.6. The number of sulfonamides is 1. The van der Waals surface area contributed by atoms with Crippen molar-refractivity contribution in [2.45, 2.75) is 18.3 Å². The Hall–Kier alpha value is 0.380. The van der Waals surface area contributed by atoms with Crippen LogP contribution in [0.2, 0.25) is 0 Å². The van der Waals surface area contributed by atoms with Crippen LogP contribution < -0.4 is 4.72 Å². The average Bonchev–Trinajstić information content (AvgIpc) is 2.25. The van der Waals surface area contributed by atoms with Gasteiger partial charge in [0.15, 0.2) is 0 Å². The van der Waals surface area contributed by atoms with E-state index in [4.69, 9.17) is 0 Å². The summed E-state index contributed by atoms with van der Waals surface area (Å²) in [5, 5.41) is 0. The van der Waals surface area contributed by atoms with Crippen LogP contribution >= 0.6 is 45.2 Å². The van der Waals surface area contributed by atoms with E-state index in [1.165, 1.54) is 0 Å². The van der Waals surface area contributed by atoms with Crippen LogP contribution in [0.4, 0.5) is 13.2 Å². The molecule has 0 bridgehead atoms. The summed E-state index contributed by atoms with van der Waals surface area (Å²) in [7, 11) is -5.23. The lowest BCUT2D eigenvalue weighted by Crippen LogP contribution is -2.37. The topological polar surface area (TPSA) is 46.2 Å². The Kier molecular flexibility index (Phi) is 6.32. The van der Waals surface area contributed by atoms with Crippen LogP contribution in [0.3, 0.4) is 0 Å². The summed E-state index contributed by atoms with van der Waals surface area (Å²) < 4.78 is 61.3. The first-order valence-electron chi connectivity index (χ1n) is 5.14. The summed E-state index contributed by atoms with van der Waals surface area (Å²) >= 11 is 4.29. The predicted octanol–water partition coefficient (Wildman–Crippen LogP) is 3.27. The molecule has 0 fully saturated rings. The molecule has 1 aromatic rings. The lowest BCUT2D eigenvalue weighted by atomic mass is 10.1. The third-order valence-corrected chi connectivity index (χ3v) is 5.48. The van der Waals surface area contributed by atoms with Gasteiger partial charge in [-0.15, -0.1) is 0 Å². The van der Waals surface area contributed by atoms with Crippen molar-refractivity contribution in [1.29, 1.82) is 0 Å². The van der Waals surface area contributed by atoms with Crippen molar-refractivity contribution in [2.75, 3.05) is 6.54 Å². The SMILES string of the molecule is O=S(=O)(NCCCc1c(I)cccc1I)C(F)(F)F. The average molecular weight is 519 g/mol. The quantitative estimate of drug-likeness (QED) is 0.480. The zero-order chi connectivity index (χ0) is 14.7. The molecule has 19 heavy (non-hydrogen) atoms. The highest BCUT2D eigenvalue weighted by Crippen LogP contribution is 2.22. The second-order valence-corrected chi connectivity index (χ2v) is 7.73. The molecule has 0 saturated heterocycles. The second kappa shape index (κ2) is 6.89. The standard InChI is InChI=1S/C10H10F3I2NO2S/c11-10(12,13)19(17,18)16-6-2-3-7-8(14)4-1-5-9(7)15/h1,4-5,16H,2-3,6H2. The number of benzene rings is 1. The van der Waals surface area contributed by atoms with Gasteiger partial charge in [-0.1, -0.05) is 6.07 Å². The van der Waals surface area contributed by atoms with E-state index >= 15 is 0 Å². The first-order valence-corrected chi connectivity index (χ1v) is 8.78. The van der Waals surface area contributed by atoms with Gasteiger partial charge in [-0.05, 0) is 75.7 Å². The van der Waals surface area contributed by atoms with E-state index in [1.54, 1.807) is 4.72 Å². The van der Waals surface area contributed by atoms with Crippen molar-refractivity contribution in [3.05, 3.63) is 30.9 Å². The van der Waals surface area contributed by atoms with E-state index in [1.807, 2.05) is 18.2 Å². The molecule has 0 atom stereocenters. The normalized spacial score (nSPS) is 12.7. The molecule has 1 N–H and O–H groups in total. The monoisotopic (exact) mass is 519 g/mol. The predicted molar refractivity (Wildman–Crippen MR) is 83.2 cm³/mol. The van der Waals surface area contributed by atoms with Gasteiger partial charge in [0.05, 0.1) is 0 Å². The van der Waals surface area contributed by atoms with Crippen molar-refractivity contribution in [3.8, 4) is 0 Å². The Morgan fingerprint density at radius 2 is 1.68 bits per heavy atom. The molecule has 0 saturated carbocycles. The van der Waals surface area contributed by atoms with Crippen molar-refractivity contribution in [1.82, 2.24) is 4.72 Å². The molecule has 0 aliphatic rings. The number of rotatable bonds is 5. The second-order valence-electron chi connectivity index (χ2n) is 3.65. The van der Waals surface area contributed by atoms with Gasteiger partial charge in [-0.3, -0.25) is 0 Å². The lowest BCUT2D eigenvalue weighted by Gasteiger charge is -2.10. The maximum Gasteiger partial charge on any atom is 0.511 e. The summed E-state index contributed by atoms with van der Waals surface area (Å²) in [5.41, 5.74) is -4.22. The van der Waals surface area contributed by atoms with Gasteiger partial charge in [-0.25, -0.2) is 13.1 Å². The molecule has 0 aliphatic carbocycles. The van der Waals surface area contributed by atoms with Crippen molar-refractivity contribution >= 4 is 55.2 Å². The molecule has 3 nitrogen and oxygen atoms in total. The van der Waals surface area contributed by atoms with E-state index in [2.05, 4.69) is 45.2 Å². The molecule has 9 heteroatoms. The largest absolute Gasteiger partial charge is 0.511 e. The summed E-state index contributed by atoms with van der Waals surface area (Å²) in [6.07, 6.45) is 0.836. The van der Waals surface area contributed by atoms with Crippen LogP contribution in [0, 0.1) is 7.14 Å². The molecular weight excluding hydrogens is 509 g/mol. The van der Waals surface area contributed by atoms with Gasteiger partial charge in [-0.2, -0.15) is 13.2 Å². The first kappa shape index (κ1) is 17.4. The van der Waals surface area contributed by atoms with Crippen molar-refractivity contribution in [3.63, 3.8) is 0 Å². The maximum absolute atomic E-state index is 12.1. The summed E-state index contributed by atoms with van der Waals surface area (Å²) in [6.45, 7) is -0.233. The molecular formula is C10H10F3I2NO2S. The highest BCUT2D eigenvalue weighted by atomic mass is 127. The molecule has 0 unspecified atom stereocenters. The van der Waals surface area contributed by atoms with Crippen molar-refractivity contribution in [2.24, 2.45) is 0 Å². The Bertz CT molecular complexity index is 526. The minimum Gasteiger partial charge on any atom is -0.207 e. The van der Waals surface area contributed by atoms with E-state index in [-0.39, 0.29) is 6.54 Å². The summed E-state index contributed by atoms with van der Waals surface area (Å²) in [4.78, 5) is 0. The van der Waals surface area contributed by atoms with E-state index in [0.717, 1.165) is 12.7 Å². The van der Waals surface area contributed by atoms with Gasteiger partial charge in [0.1, 0.15) is 0 Å². The third-order valence-electron chi connectivity index (χ3n) is 2.26. The van der Waals surface area contributed by atoms with E-state index in [0.29, 0.717) is 12.8 Å². The van der Waals surface area contributed by atoms with Crippen LogP contribution in [-0.4, -0.2) is 20.5 Å². The molecule has 0 amide bonds. The number of hydrogen-bond acceptors (Lipinski definition) is 2.